The Bertz CT molecular complexity index is 380. The predicted molar refractivity (Wildman–Crippen MR) is 75.8 cm³/mol. The SMILES string of the molecule is Cc1cc(C)c(CN)c(N(C)CCCCCO)n1. The third-order valence-corrected chi connectivity index (χ3v) is 3.17. The van der Waals surface area contributed by atoms with Crippen molar-refractivity contribution in [2.24, 2.45) is 5.73 Å². The number of aliphatic hydroxyl groups excluding tert-OH is 1. The number of aromatic nitrogens is 1. The summed E-state index contributed by atoms with van der Waals surface area (Å²) in [6.07, 6.45) is 2.98. The van der Waals surface area contributed by atoms with E-state index in [2.05, 4.69) is 29.9 Å². The molecular formula is C14H25N3O. The highest BCUT2D eigenvalue weighted by atomic mass is 16.2. The van der Waals surface area contributed by atoms with Crippen LogP contribution in [-0.2, 0) is 6.54 Å². The molecule has 102 valence electrons. The molecule has 1 rings (SSSR count). The van der Waals surface area contributed by atoms with E-state index in [0.717, 1.165) is 42.9 Å². The van der Waals surface area contributed by atoms with Crippen molar-refractivity contribution >= 4 is 5.82 Å². The van der Waals surface area contributed by atoms with Gasteiger partial charge in [0.15, 0.2) is 0 Å². The number of rotatable bonds is 7. The molecule has 1 aromatic heterocycles. The van der Waals surface area contributed by atoms with Crippen LogP contribution in [0.5, 0.6) is 0 Å². The first-order valence-corrected chi connectivity index (χ1v) is 6.59. The van der Waals surface area contributed by atoms with Crippen molar-refractivity contribution in [2.75, 3.05) is 25.1 Å². The Balaban J connectivity index is 2.74. The maximum absolute atomic E-state index is 8.76. The van der Waals surface area contributed by atoms with Crippen LogP contribution in [-0.4, -0.2) is 30.3 Å². The molecule has 0 atom stereocenters. The molecule has 0 saturated heterocycles. The van der Waals surface area contributed by atoms with E-state index in [1.54, 1.807) is 0 Å². The molecule has 1 heterocycles. The lowest BCUT2D eigenvalue weighted by atomic mass is 10.1. The van der Waals surface area contributed by atoms with E-state index in [9.17, 15) is 0 Å². The smallest absolute Gasteiger partial charge is 0.133 e. The number of aryl methyl sites for hydroxylation is 2. The fourth-order valence-electron chi connectivity index (χ4n) is 2.16. The van der Waals surface area contributed by atoms with E-state index in [4.69, 9.17) is 10.8 Å². The van der Waals surface area contributed by atoms with Crippen molar-refractivity contribution in [3.8, 4) is 0 Å². The van der Waals surface area contributed by atoms with E-state index in [0.29, 0.717) is 6.54 Å². The van der Waals surface area contributed by atoms with Crippen LogP contribution in [0.15, 0.2) is 6.07 Å². The van der Waals surface area contributed by atoms with Gasteiger partial charge in [-0.05, 0) is 44.7 Å². The third-order valence-electron chi connectivity index (χ3n) is 3.17. The zero-order valence-corrected chi connectivity index (χ0v) is 11.7. The van der Waals surface area contributed by atoms with Gasteiger partial charge < -0.3 is 15.7 Å². The molecule has 3 N–H and O–H groups in total. The van der Waals surface area contributed by atoms with E-state index in [-0.39, 0.29) is 6.61 Å². The standard InChI is InChI=1S/C14H25N3O/c1-11-9-12(2)16-14(13(11)10-15)17(3)7-5-4-6-8-18/h9,18H,4-8,10,15H2,1-3H3. The van der Waals surface area contributed by atoms with Gasteiger partial charge in [0, 0.05) is 38.0 Å². The molecule has 4 heteroatoms. The summed E-state index contributed by atoms with van der Waals surface area (Å²) in [7, 11) is 2.05. The lowest BCUT2D eigenvalue weighted by Crippen LogP contribution is -2.23. The fourth-order valence-corrected chi connectivity index (χ4v) is 2.16. The maximum Gasteiger partial charge on any atom is 0.133 e. The van der Waals surface area contributed by atoms with Gasteiger partial charge in [0.05, 0.1) is 0 Å². The lowest BCUT2D eigenvalue weighted by molar-refractivity contribution is 0.283. The Labute approximate surface area is 110 Å². The number of anilines is 1. The summed E-state index contributed by atoms with van der Waals surface area (Å²) in [5, 5.41) is 8.76. The average Bonchev–Trinajstić information content (AvgIpc) is 2.33. The van der Waals surface area contributed by atoms with Gasteiger partial charge in [-0.3, -0.25) is 0 Å². The minimum Gasteiger partial charge on any atom is -0.396 e. The molecule has 0 aliphatic carbocycles. The quantitative estimate of drug-likeness (QED) is 0.725. The summed E-state index contributed by atoms with van der Waals surface area (Å²) in [6, 6.07) is 2.07. The molecule has 0 aliphatic rings. The second-order valence-electron chi connectivity index (χ2n) is 4.79. The third kappa shape index (κ3) is 3.96. The Morgan fingerprint density at radius 3 is 2.61 bits per heavy atom. The molecule has 0 fully saturated rings. The highest BCUT2D eigenvalue weighted by Gasteiger charge is 2.11. The summed E-state index contributed by atoms with van der Waals surface area (Å²) in [5.74, 6) is 0.999. The van der Waals surface area contributed by atoms with E-state index >= 15 is 0 Å². The summed E-state index contributed by atoms with van der Waals surface area (Å²) in [5.41, 5.74) is 9.19. The molecule has 0 amide bonds. The number of unbranched alkanes of at least 4 members (excludes halogenated alkanes) is 2. The molecule has 1 aromatic rings. The molecule has 0 saturated carbocycles. The van der Waals surface area contributed by atoms with Crippen LogP contribution in [0.3, 0.4) is 0 Å². The van der Waals surface area contributed by atoms with E-state index < -0.39 is 0 Å². The maximum atomic E-state index is 8.76. The van der Waals surface area contributed by atoms with Crippen LogP contribution < -0.4 is 10.6 Å². The van der Waals surface area contributed by atoms with Gasteiger partial charge in [-0.2, -0.15) is 0 Å². The molecular weight excluding hydrogens is 226 g/mol. The van der Waals surface area contributed by atoms with Crippen molar-refractivity contribution in [1.82, 2.24) is 4.98 Å². The van der Waals surface area contributed by atoms with Gasteiger partial charge in [-0.15, -0.1) is 0 Å². The summed E-state index contributed by atoms with van der Waals surface area (Å²) in [4.78, 5) is 6.77. The highest BCUT2D eigenvalue weighted by molar-refractivity contribution is 5.51. The number of hydrogen-bond donors (Lipinski definition) is 2. The summed E-state index contributed by atoms with van der Waals surface area (Å²) < 4.78 is 0. The fraction of sp³-hybridized carbons (Fsp3) is 0.643. The monoisotopic (exact) mass is 251 g/mol. The van der Waals surface area contributed by atoms with E-state index in [1.807, 2.05) is 6.92 Å². The molecule has 0 bridgehead atoms. The van der Waals surface area contributed by atoms with Gasteiger partial charge in [-0.25, -0.2) is 4.98 Å². The largest absolute Gasteiger partial charge is 0.396 e. The van der Waals surface area contributed by atoms with Gasteiger partial charge >= 0.3 is 0 Å². The van der Waals surface area contributed by atoms with Crippen molar-refractivity contribution in [2.45, 2.75) is 39.7 Å². The van der Waals surface area contributed by atoms with Gasteiger partial charge in [0.1, 0.15) is 5.82 Å². The summed E-state index contributed by atoms with van der Waals surface area (Å²) in [6.45, 7) is 5.84. The van der Waals surface area contributed by atoms with Crippen LogP contribution in [0.2, 0.25) is 0 Å². The second-order valence-corrected chi connectivity index (χ2v) is 4.79. The summed E-state index contributed by atoms with van der Waals surface area (Å²) >= 11 is 0. The van der Waals surface area contributed by atoms with Crippen LogP contribution >= 0.6 is 0 Å². The lowest BCUT2D eigenvalue weighted by Gasteiger charge is -2.22. The number of hydrogen-bond acceptors (Lipinski definition) is 4. The van der Waals surface area contributed by atoms with Gasteiger partial charge in [-0.1, -0.05) is 0 Å². The van der Waals surface area contributed by atoms with Crippen LogP contribution in [0.25, 0.3) is 0 Å². The highest BCUT2D eigenvalue weighted by Crippen LogP contribution is 2.21. The average molecular weight is 251 g/mol. The van der Waals surface area contributed by atoms with Crippen molar-refractivity contribution in [3.63, 3.8) is 0 Å². The molecule has 0 spiro atoms. The molecule has 0 aliphatic heterocycles. The number of nitrogens with two attached hydrogens (primary N) is 1. The van der Waals surface area contributed by atoms with Gasteiger partial charge in [0.25, 0.3) is 0 Å². The van der Waals surface area contributed by atoms with Crippen LogP contribution in [0, 0.1) is 13.8 Å². The zero-order valence-electron chi connectivity index (χ0n) is 11.7. The second kappa shape index (κ2) is 7.34. The predicted octanol–water partition coefficient (Wildman–Crippen LogP) is 1.76. The van der Waals surface area contributed by atoms with Crippen molar-refractivity contribution in [1.29, 1.82) is 0 Å². The molecule has 18 heavy (non-hydrogen) atoms. The Morgan fingerprint density at radius 1 is 1.28 bits per heavy atom. The van der Waals surface area contributed by atoms with Crippen LogP contribution in [0.4, 0.5) is 5.82 Å². The Hall–Kier alpha value is -1.13. The van der Waals surface area contributed by atoms with Crippen molar-refractivity contribution in [3.05, 3.63) is 22.9 Å². The first-order valence-electron chi connectivity index (χ1n) is 6.59. The zero-order chi connectivity index (χ0) is 13.5. The number of pyridine rings is 1. The first kappa shape index (κ1) is 14.9. The minimum absolute atomic E-state index is 0.277. The first-order chi connectivity index (χ1) is 8.60. The van der Waals surface area contributed by atoms with E-state index in [1.165, 1.54) is 5.56 Å². The number of nitrogens with zero attached hydrogens (tertiary/aromatic N) is 2. The molecule has 0 aromatic carbocycles. The molecule has 0 unspecified atom stereocenters. The van der Waals surface area contributed by atoms with Crippen molar-refractivity contribution < 1.29 is 5.11 Å². The Kier molecular flexibility index (Phi) is 6.09. The van der Waals surface area contributed by atoms with Crippen LogP contribution in [0.1, 0.15) is 36.1 Å². The minimum atomic E-state index is 0.277. The molecule has 4 nitrogen and oxygen atoms in total. The number of aliphatic hydroxyl groups is 1. The topological polar surface area (TPSA) is 62.4 Å². The Morgan fingerprint density at radius 2 is 2.00 bits per heavy atom. The van der Waals surface area contributed by atoms with Gasteiger partial charge in [0.2, 0.25) is 0 Å². The molecule has 0 radical (unpaired) electrons. The normalized spacial score (nSPS) is 10.7.